The molecule has 0 radical (unpaired) electrons. The molecule has 3 rings (SSSR count). The van der Waals surface area contributed by atoms with Gasteiger partial charge in [-0.05, 0) is 152 Å². The molecule has 0 aromatic rings. The highest BCUT2D eigenvalue weighted by atomic mass is 16.7. The molecule has 6 heteroatoms. The van der Waals surface area contributed by atoms with Gasteiger partial charge in [0.2, 0.25) is 0 Å². The number of hydrogen-bond acceptors (Lipinski definition) is 6. The zero-order valence-corrected chi connectivity index (χ0v) is 44.6. The number of hydrogen-bond donors (Lipinski definition) is 1. The maximum atomic E-state index is 10.9. The Balaban J connectivity index is 0. The fourth-order valence-corrected chi connectivity index (χ4v) is 8.83. The van der Waals surface area contributed by atoms with Crippen LogP contribution < -0.4 is 0 Å². The molecule has 2 saturated heterocycles. The maximum Gasteiger partial charge on any atom is 0.158 e. The Labute approximate surface area is 382 Å². The summed E-state index contributed by atoms with van der Waals surface area (Å²) in [5.74, 6) is 7.08. The molecule has 3 fully saturated rings. The number of Topliss-reactive ketones (excluding diaryl/α,β-unsaturated/α-hetero) is 1. The van der Waals surface area contributed by atoms with Crippen molar-refractivity contribution in [3.63, 3.8) is 0 Å². The number of carbonyl (C=O) groups excluding carboxylic acids is 1. The van der Waals surface area contributed by atoms with Crippen molar-refractivity contribution in [3.05, 3.63) is 12.7 Å². The molecule has 0 amide bonds. The van der Waals surface area contributed by atoms with Crippen molar-refractivity contribution in [1.29, 1.82) is 0 Å². The Morgan fingerprint density at radius 1 is 0.787 bits per heavy atom. The zero-order valence-electron chi connectivity index (χ0n) is 44.6. The first kappa shape index (κ1) is 62.3. The van der Waals surface area contributed by atoms with Crippen molar-refractivity contribution >= 4 is 5.78 Å². The van der Waals surface area contributed by atoms with Crippen LogP contribution in [0.3, 0.4) is 0 Å². The van der Waals surface area contributed by atoms with Gasteiger partial charge in [-0.25, -0.2) is 0 Å². The van der Waals surface area contributed by atoms with E-state index in [2.05, 4.69) is 130 Å². The molecule has 0 spiro atoms. The molecule has 6 nitrogen and oxygen atoms in total. The summed E-state index contributed by atoms with van der Waals surface area (Å²) in [5.41, 5.74) is 0.0358. The predicted octanol–water partition coefficient (Wildman–Crippen LogP) is 15.6. The first-order valence-corrected chi connectivity index (χ1v) is 25.7. The molecule has 12 atom stereocenters. The summed E-state index contributed by atoms with van der Waals surface area (Å²) in [4.78, 5) is 10.9. The van der Waals surface area contributed by atoms with Gasteiger partial charge in [0.05, 0.1) is 30.0 Å². The highest BCUT2D eigenvalue weighted by molar-refractivity contribution is 5.78. The lowest BCUT2D eigenvalue weighted by atomic mass is 9.78. The number of carbonyl (C=O) groups is 1. The number of unbranched alkanes of at least 4 members (excludes halogenated alkanes) is 3. The first-order chi connectivity index (χ1) is 28.4. The average molecular weight is 867 g/mol. The first-order valence-electron chi connectivity index (χ1n) is 25.7. The topological polar surface area (TPSA) is 74.2 Å². The van der Waals surface area contributed by atoms with E-state index in [9.17, 15) is 9.90 Å². The minimum absolute atomic E-state index is 0.0358. The third-order valence-electron chi connectivity index (χ3n) is 14.4. The molecule has 61 heavy (non-hydrogen) atoms. The zero-order chi connectivity index (χ0) is 47.5. The van der Waals surface area contributed by atoms with Crippen molar-refractivity contribution in [3.8, 4) is 0 Å². The van der Waals surface area contributed by atoms with E-state index in [0.717, 1.165) is 56.1 Å². The monoisotopic (exact) mass is 867 g/mol. The van der Waals surface area contributed by atoms with Gasteiger partial charge in [-0.15, -0.1) is 6.58 Å². The van der Waals surface area contributed by atoms with Crippen LogP contribution in [0.1, 0.15) is 222 Å². The van der Waals surface area contributed by atoms with E-state index in [0.29, 0.717) is 59.6 Å². The predicted molar refractivity (Wildman–Crippen MR) is 265 cm³/mol. The lowest BCUT2D eigenvalue weighted by Crippen LogP contribution is -2.38. The second-order valence-electron chi connectivity index (χ2n) is 21.6. The van der Waals surface area contributed by atoms with E-state index in [1.807, 2.05) is 13.8 Å². The Morgan fingerprint density at radius 3 is 1.75 bits per heavy atom. The lowest BCUT2D eigenvalue weighted by molar-refractivity contribution is -0.158. The van der Waals surface area contributed by atoms with Crippen LogP contribution >= 0.6 is 0 Å². The highest BCUT2D eigenvalue weighted by Crippen LogP contribution is 2.36. The summed E-state index contributed by atoms with van der Waals surface area (Å²) in [6, 6.07) is 0. The van der Waals surface area contributed by atoms with Crippen molar-refractivity contribution in [2.75, 3.05) is 13.2 Å². The van der Waals surface area contributed by atoms with E-state index in [4.69, 9.17) is 18.9 Å². The van der Waals surface area contributed by atoms with Crippen LogP contribution in [-0.4, -0.2) is 60.4 Å². The minimum atomic E-state index is -0.169. The van der Waals surface area contributed by atoms with Crippen LogP contribution in [0, 0.1) is 65.1 Å². The van der Waals surface area contributed by atoms with Crippen molar-refractivity contribution < 1.29 is 28.8 Å². The molecule has 1 N–H and O–H groups in total. The number of ketones is 1. The van der Waals surface area contributed by atoms with Gasteiger partial charge in [-0.3, -0.25) is 4.79 Å². The van der Waals surface area contributed by atoms with Crippen LogP contribution in [0.4, 0.5) is 0 Å². The van der Waals surface area contributed by atoms with E-state index in [1.165, 1.54) is 64.2 Å². The smallest absolute Gasteiger partial charge is 0.158 e. The molecular formula is C55H110O6. The van der Waals surface area contributed by atoms with Crippen LogP contribution in [0.2, 0.25) is 0 Å². The van der Waals surface area contributed by atoms with Gasteiger partial charge in [0, 0.05) is 25.6 Å². The van der Waals surface area contributed by atoms with Gasteiger partial charge in [0.1, 0.15) is 5.78 Å². The third kappa shape index (κ3) is 28.7. The molecule has 0 aromatic heterocycles. The number of rotatable bonds is 19. The quantitative estimate of drug-likeness (QED) is 0.103. The van der Waals surface area contributed by atoms with Gasteiger partial charge in [0.15, 0.2) is 6.29 Å². The summed E-state index contributed by atoms with van der Waals surface area (Å²) < 4.78 is 23.2. The number of ether oxygens (including phenoxy) is 4. The molecule has 1 saturated carbocycles. The van der Waals surface area contributed by atoms with Gasteiger partial charge >= 0.3 is 0 Å². The summed E-state index contributed by atoms with van der Waals surface area (Å²) in [7, 11) is 0. The van der Waals surface area contributed by atoms with E-state index < -0.39 is 0 Å². The lowest BCUT2D eigenvalue weighted by Gasteiger charge is -2.39. The van der Waals surface area contributed by atoms with Gasteiger partial charge in [-0.1, -0.05) is 129 Å². The Bertz CT molecular complexity index is 1030. The highest BCUT2D eigenvalue weighted by Gasteiger charge is 2.33. The van der Waals surface area contributed by atoms with Crippen molar-refractivity contribution in [2.45, 2.75) is 258 Å². The number of aliphatic hydroxyl groups is 1. The fourth-order valence-electron chi connectivity index (χ4n) is 8.83. The van der Waals surface area contributed by atoms with Crippen LogP contribution in [0.15, 0.2) is 12.7 Å². The molecular weight excluding hydrogens is 757 g/mol. The molecule has 12 unspecified atom stereocenters. The Hall–Kier alpha value is -0.790. The van der Waals surface area contributed by atoms with Gasteiger partial charge < -0.3 is 24.1 Å². The molecule has 2 heterocycles. The summed E-state index contributed by atoms with van der Waals surface area (Å²) in [6.45, 7) is 48.6. The second-order valence-corrected chi connectivity index (χ2v) is 21.6. The largest absolute Gasteiger partial charge is 0.393 e. The van der Waals surface area contributed by atoms with Gasteiger partial charge in [-0.2, -0.15) is 0 Å². The maximum absolute atomic E-state index is 10.9. The SMILES string of the molecule is C=CCC(C)C1CCC(C)OC1CC(C)C.CC(=O)C(C)C(C)C(C)C.CC(C)C(C)C(C)C(C)O.CCCCCCOC1CCC(C)(C)O1.CCOC1C(C)CCCC1C. The summed E-state index contributed by atoms with van der Waals surface area (Å²) in [6.07, 6.45) is 19.6. The standard InChI is InChI=1S/C15H28O.C12H24O2.C10H20O.C9H20O.C9H18O/c1-6-7-12(4)14-9-8-13(5)16-15(14)10-11(2)3;1-4-5-6-7-10-13-11-8-9-12(2,3)14-11;1-4-11-10-8(2)6-5-7-9(10)3;2*1-6(2)7(3)8(4)9(5)10/h6,11-15H,1,7-10H2,2-5H3;11H,4-10H2,1-3H3;8-10H,4-7H2,1-3H3;6-10H,1-5H3;6-8H,1-5H3. The second kappa shape index (κ2) is 34.5. The van der Waals surface area contributed by atoms with Crippen molar-refractivity contribution in [1.82, 2.24) is 0 Å². The van der Waals surface area contributed by atoms with E-state index in [-0.39, 0.29) is 23.9 Å². The Kier molecular flexibility index (Phi) is 35.3. The van der Waals surface area contributed by atoms with Crippen LogP contribution in [0.5, 0.6) is 0 Å². The number of aliphatic hydroxyl groups excluding tert-OH is 1. The summed E-state index contributed by atoms with van der Waals surface area (Å²) >= 11 is 0. The van der Waals surface area contributed by atoms with Gasteiger partial charge in [0.25, 0.3) is 0 Å². The molecule has 1 aliphatic carbocycles. The van der Waals surface area contributed by atoms with Crippen LogP contribution in [0.25, 0.3) is 0 Å². The molecule has 366 valence electrons. The van der Waals surface area contributed by atoms with Crippen molar-refractivity contribution in [2.24, 2.45) is 65.1 Å². The van der Waals surface area contributed by atoms with E-state index in [1.54, 1.807) is 6.92 Å². The van der Waals surface area contributed by atoms with E-state index >= 15 is 0 Å². The minimum Gasteiger partial charge on any atom is -0.393 e. The normalized spacial score (nSPS) is 27.6. The molecule has 0 aromatic carbocycles. The molecule has 3 aliphatic rings. The fraction of sp³-hybridized carbons (Fsp3) is 0.945. The average Bonchev–Trinajstić information content (AvgIpc) is 3.53. The molecule has 0 bridgehead atoms. The molecule has 2 aliphatic heterocycles. The third-order valence-corrected chi connectivity index (χ3v) is 14.4. The Morgan fingerprint density at radius 2 is 1.36 bits per heavy atom. The van der Waals surface area contributed by atoms with Crippen LogP contribution in [-0.2, 0) is 23.7 Å². The summed E-state index contributed by atoms with van der Waals surface area (Å²) in [5, 5.41) is 9.24. The number of allylic oxidation sites excluding steroid dienone is 1.